The van der Waals surface area contributed by atoms with E-state index in [4.69, 9.17) is 4.74 Å². The molecule has 6 heteroatoms. The van der Waals surface area contributed by atoms with Crippen molar-refractivity contribution in [1.29, 1.82) is 0 Å². The predicted molar refractivity (Wildman–Crippen MR) is 81.7 cm³/mol. The van der Waals surface area contributed by atoms with E-state index in [9.17, 15) is 9.18 Å². The van der Waals surface area contributed by atoms with E-state index in [-0.39, 0.29) is 0 Å². The van der Waals surface area contributed by atoms with Crippen LogP contribution in [-0.4, -0.2) is 33.6 Å². The summed E-state index contributed by atoms with van der Waals surface area (Å²) in [6.07, 6.45) is 2.74. The molecule has 0 saturated carbocycles. The average molecular weight is 305 g/mol. The van der Waals surface area contributed by atoms with Crippen LogP contribution < -0.4 is 0 Å². The van der Waals surface area contributed by atoms with Gasteiger partial charge in [0.25, 0.3) is 0 Å². The molecule has 2 rings (SSSR count). The molecule has 0 aromatic carbocycles. The van der Waals surface area contributed by atoms with Gasteiger partial charge in [-0.3, -0.25) is 0 Å². The molecule has 0 fully saturated rings. The molecular weight excluding hydrogens is 285 g/mol. The lowest BCUT2D eigenvalue weighted by molar-refractivity contribution is 0.0285. The van der Waals surface area contributed by atoms with Gasteiger partial charge in [0.05, 0.1) is 17.8 Å². The van der Waals surface area contributed by atoms with Gasteiger partial charge in [-0.1, -0.05) is 0 Å². The van der Waals surface area contributed by atoms with Crippen molar-refractivity contribution in [1.82, 2.24) is 14.9 Å². The van der Waals surface area contributed by atoms with Gasteiger partial charge in [-0.25, -0.2) is 9.78 Å². The highest BCUT2D eigenvalue weighted by Gasteiger charge is 2.20. The molecule has 1 N–H and O–H groups in total. The smallest absolute Gasteiger partial charge is 0.410 e. The van der Waals surface area contributed by atoms with Crippen LogP contribution in [0.4, 0.5) is 9.18 Å². The Hall–Kier alpha value is -2.37. The molecular formula is C16H20FN3O2. The Labute approximate surface area is 129 Å². The highest BCUT2D eigenvalue weighted by Crippen LogP contribution is 2.21. The van der Waals surface area contributed by atoms with Gasteiger partial charge in [-0.05, 0) is 44.5 Å². The van der Waals surface area contributed by atoms with Crippen molar-refractivity contribution in [3.05, 3.63) is 42.1 Å². The normalized spacial score (nSPS) is 11.3. The van der Waals surface area contributed by atoms with Gasteiger partial charge in [0, 0.05) is 19.4 Å². The second kappa shape index (κ2) is 6.17. The van der Waals surface area contributed by atoms with Gasteiger partial charge >= 0.3 is 6.09 Å². The summed E-state index contributed by atoms with van der Waals surface area (Å²) in [6, 6.07) is 5.11. The fourth-order valence-electron chi connectivity index (χ4n) is 1.95. The van der Waals surface area contributed by atoms with E-state index < -0.39 is 17.6 Å². The Balaban J connectivity index is 2.06. The van der Waals surface area contributed by atoms with E-state index in [2.05, 4.69) is 9.97 Å². The average Bonchev–Trinajstić information content (AvgIpc) is 2.85. The molecule has 0 aliphatic heterocycles. The molecule has 0 unspecified atom stereocenters. The van der Waals surface area contributed by atoms with Gasteiger partial charge in [0.1, 0.15) is 5.60 Å². The molecule has 1 amide bonds. The minimum absolute atomic E-state index is 0.368. The van der Waals surface area contributed by atoms with Gasteiger partial charge in [-0.2, -0.15) is 4.39 Å². The molecule has 0 aliphatic carbocycles. The van der Waals surface area contributed by atoms with Crippen LogP contribution in [0.3, 0.4) is 0 Å². The number of pyridine rings is 1. The number of carbonyl (C=O) groups excluding carboxylic acids is 1. The summed E-state index contributed by atoms with van der Waals surface area (Å²) in [5.41, 5.74) is 1.34. The summed E-state index contributed by atoms with van der Waals surface area (Å²) in [4.78, 5) is 20.0. The summed E-state index contributed by atoms with van der Waals surface area (Å²) in [7, 11) is 1.66. The SMILES string of the molecule is CN(Cc1c[nH]c(-c2cccnc2F)c1)C(=O)OC(C)(C)C. The van der Waals surface area contributed by atoms with Crippen LogP contribution in [0.2, 0.25) is 0 Å². The highest BCUT2D eigenvalue weighted by atomic mass is 19.1. The lowest BCUT2D eigenvalue weighted by atomic mass is 10.2. The van der Waals surface area contributed by atoms with Gasteiger partial charge in [0.2, 0.25) is 5.95 Å². The number of hydrogen-bond donors (Lipinski definition) is 1. The zero-order valence-electron chi connectivity index (χ0n) is 13.2. The maximum Gasteiger partial charge on any atom is 0.410 e. The molecule has 118 valence electrons. The Bertz CT molecular complexity index is 661. The lowest BCUT2D eigenvalue weighted by Crippen LogP contribution is -2.33. The van der Waals surface area contributed by atoms with Gasteiger partial charge < -0.3 is 14.6 Å². The minimum atomic E-state index is -0.534. The Morgan fingerprint density at radius 2 is 2.18 bits per heavy atom. The number of nitrogens with one attached hydrogen (secondary N) is 1. The molecule has 0 spiro atoms. The van der Waals surface area contributed by atoms with E-state index in [1.54, 1.807) is 31.4 Å². The molecule has 22 heavy (non-hydrogen) atoms. The number of aromatic amines is 1. The van der Waals surface area contributed by atoms with E-state index in [1.165, 1.54) is 11.1 Å². The molecule has 0 bridgehead atoms. The van der Waals surface area contributed by atoms with E-state index in [0.717, 1.165) is 5.56 Å². The number of nitrogens with zero attached hydrogens (tertiary/aromatic N) is 2. The first kappa shape index (κ1) is 16.0. The second-order valence-corrected chi connectivity index (χ2v) is 6.10. The molecule has 0 aliphatic rings. The molecule has 0 saturated heterocycles. The van der Waals surface area contributed by atoms with Crippen LogP contribution in [0.5, 0.6) is 0 Å². The van der Waals surface area contributed by atoms with Crippen LogP contribution in [0.15, 0.2) is 30.6 Å². The molecule has 0 radical (unpaired) electrons. The summed E-state index contributed by atoms with van der Waals surface area (Å²) >= 11 is 0. The first-order valence-electron chi connectivity index (χ1n) is 6.98. The minimum Gasteiger partial charge on any atom is -0.444 e. The predicted octanol–water partition coefficient (Wildman–Crippen LogP) is 3.58. The van der Waals surface area contributed by atoms with Crippen molar-refractivity contribution in [2.24, 2.45) is 0 Å². The third-order valence-corrected chi connectivity index (χ3v) is 2.92. The number of H-pyrrole nitrogens is 1. The Kier molecular flexibility index (Phi) is 4.49. The summed E-state index contributed by atoms with van der Waals surface area (Å²) < 4.78 is 18.9. The number of aromatic nitrogens is 2. The van der Waals surface area contributed by atoms with Crippen LogP contribution in [-0.2, 0) is 11.3 Å². The van der Waals surface area contributed by atoms with Crippen molar-refractivity contribution in [3.63, 3.8) is 0 Å². The number of carbonyl (C=O) groups is 1. The van der Waals surface area contributed by atoms with E-state index >= 15 is 0 Å². The number of halogens is 1. The molecule has 5 nitrogen and oxygen atoms in total. The molecule has 2 heterocycles. The summed E-state index contributed by atoms with van der Waals surface area (Å²) in [5.74, 6) is -0.531. The highest BCUT2D eigenvalue weighted by molar-refractivity contribution is 5.68. The van der Waals surface area contributed by atoms with Crippen LogP contribution in [0, 0.1) is 5.95 Å². The zero-order valence-corrected chi connectivity index (χ0v) is 13.2. The third-order valence-electron chi connectivity index (χ3n) is 2.92. The van der Waals surface area contributed by atoms with Gasteiger partial charge in [0.15, 0.2) is 0 Å². The van der Waals surface area contributed by atoms with Crippen LogP contribution in [0.1, 0.15) is 26.3 Å². The van der Waals surface area contributed by atoms with E-state index in [1.807, 2.05) is 20.8 Å². The van der Waals surface area contributed by atoms with Crippen molar-refractivity contribution in [3.8, 4) is 11.3 Å². The van der Waals surface area contributed by atoms with Crippen LogP contribution >= 0.6 is 0 Å². The first-order valence-corrected chi connectivity index (χ1v) is 6.98. The number of rotatable bonds is 3. The fraction of sp³-hybridized carbons (Fsp3) is 0.375. The fourth-order valence-corrected chi connectivity index (χ4v) is 1.95. The summed E-state index contributed by atoms with van der Waals surface area (Å²) in [6.45, 7) is 5.82. The van der Waals surface area contributed by atoms with Gasteiger partial charge in [-0.15, -0.1) is 0 Å². The van der Waals surface area contributed by atoms with Crippen molar-refractivity contribution in [2.75, 3.05) is 7.05 Å². The van der Waals surface area contributed by atoms with Crippen molar-refractivity contribution >= 4 is 6.09 Å². The first-order chi connectivity index (χ1) is 10.3. The number of amides is 1. The maximum absolute atomic E-state index is 13.6. The number of ether oxygens (including phenoxy) is 1. The third kappa shape index (κ3) is 4.07. The van der Waals surface area contributed by atoms with Crippen LogP contribution in [0.25, 0.3) is 11.3 Å². The van der Waals surface area contributed by atoms with Crippen molar-refractivity contribution in [2.45, 2.75) is 32.9 Å². The monoisotopic (exact) mass is 305 g/mol. The molecule has 2 aromatic rings. The molecule has 2 aromatic heterocycles. The van der Waals surface area contributed by atoms with Crippen molar-refractivity contribution < 1.29 is 13.9 Å². The quantitative estimate of drug-likeness (QED) is 0.882. The Morgan fingerprint density at radius 3 is 2.82 bits per heavy atom. The van der Waals surface area contributed by atoms with E-state index in [0.29, 0.717) is 17.8 Å². The lowest BCUT2D eigenvalue weighted by Gasteiger charge is -2.24. The topological polar surface area (TPSA) is 58.2 Å². The number of hydrogen-bond acceptors (Lipinski definition) is 3. The maximum atomic E-state index is 13.6. The summed E-state index contributed by atoms with van der Waals surface area (Å²) in [5, 5.41) is 0. The zero-order chi connectivity index (χ0) is 16.3. The Morgan fingerprint density at radius 1 is 1.45 bits per heavy atom. The largest absolute Gasteiger partial charge is 0.444 e. The standard InChI is InChI=1S/C16H20FN3O2/c1-16(2,3)22-15(21)20(4)10-11-8-13(19-9-11)12-6-5-7-18-14(12)17/h5-9,19H,10H2,1-4H3. The second-order valence-electron chi connectivity index (χ2n) is 6.10. The molecule has 0 atom stereocenters.